The van der Waals surface area contributed by atoms with E-state index in [2.05, 4.69) is 50.5 Å². The number of ether oxygens (including phenoxy) is 2. The fourth-order valence-electron chi connectivity index (χ4n) is 4.47. The molecule has 7 nitrogen and oxygen atoms in total. The van der Waals surface area contributed by atoms with E-state index >= 15 is 0 Å². The number of anilines is 1. The predicted molar refractivity (Wildman–Crippen MR) is 170 cm³/mol. The molecule has 2 heterocycles. The van der Waals surface area contributed by atoms with Crippen molar-refractivity contribution in [1.29, 1.82) is 0 Å². The van der Waals surface area contributed by atoms with E-state index in [0.717, 1.165) is 24.0 Å². The maximum absolute atomic E-state index is 14.0. The van der Waals surface area contributed by atoms with Crippen LogP contribution in [0.2, 0.25) is 0 Å². The number of aromatic nitrogens is 1. The zero-order valence-electron chi connectivity index (χ0n) is 21.2. The number of hydrogen-bond donors (Lipinski definition) is 1. The highest BCUT2D eigenvalue weighted by Crippen LogP contribution is 2.33. The van der Waals surface area contributed by atoms with Crippen molar-refractivity contribution in [3.63, 3.8) is 0 Å². The van der Waals surface area contributed by atoms with Crippen LogP contribution in [0.3, 0.4) is 0 Å². The summed E-state index contributed by atoms with van der Waals surface area (Å²) in [6.07, 6.45) is 1.86. The van der Waals surface area contributed by atoms with Crippen molar-refractivity contribution in [3.8, 4) is 11.5 Å². The minimum Gasteiger partial charge on any atom is -0.497 e. The van der Waals surface area contributed by atoms with Crippen molar-refractivity contribution in [2.75, 3.05) is 19.5 Å². The first kappa shape index (κ1) is 27.6. The molecule has 1 atom stereocenters. The largest absolute Gasteiger partial charge is 0.497 e. The zero-order chi connectivity index (χ0) is 27.7. The van der Waals surface area contributed by atoms with Crippen molar-refractivity contribution in [2.45, 2.75) is 13.0 Å². The Morgan fingerprint density at radius 3 is 2.41 bits per heavy atom. The molecule has 1 aliphatic heterocycles. The third-order valence-electron chi connectivity index (χ3n) is 6.23. The van der Waals surface area contributed by atoms with Crippen LogP contribution >= 0.6 is 56.5 Å². The summed E-state index contributed by atoms with van der Waals surface area (Å²) in [6.45, 7) is 1.80. The van der Waals surface area contributed by atoms with Gasteiger partial charge in [0.1, 0.15) is 11.5 Å². The van der Waals surface area contributed by atoms with Crippen LogP contribution in [0.25, 0.3) is 6.08 Å². The van der Waals surface area contributed by atoms with Crippen molar-refractivity contribution in [1.82, 2.24) is 4.57 Å². The highest BCUT2D eigenvalue weighted by molar-refractivity contribution is 14.1. The SMILES string of the molecule is COc1cccc([C@@H]2C(C(=O)Nc3ccccc3)=C(C)N=c3s/c(=C\c4cc(I)c(OC)c(I)c4)c(=O)n32)c1. The van der Waals surface area contributed by atoms with Crippen LogP contribution in [0.15, 0.2) is 87.8 Å². The predicted octanol–water partition coefficient (Wildman–Crippen LogP) is 5.10. The average Bonchev–Trinajstić information content (AvgIpc) is 3.22. The summed E-state index contributed by atoms with van der Waals surface area (Å²) < 4.78 is 15.0. The molecular formula is C29H23I2N3O4S. The molecule has 10 heteroatoms. The average molecular weight is 763 g/mol. The number of nitrogens with one attached hydrogen (secondary N) is 1. The highest BCUT2D eigenvalue weighted by Gasteiger charge is 2.32. The lowest BCUT2D eigenvalue weighted by atomic mass is 9.95. The molecule has 0 aliphatic carbocycles. The van der Waals surface area contributed by atoms with E-state index in [1.807, 2.05) is 72.8 Å². The summed E-state index contributed by atoms with van der Waals surface area (Å²) in [4.78, 5) is 32.9. The normalized spacial score (nSPS) is 15.0. The quantitative estimate of drug-likeness (QED) is 0.278. The molecule has 1 amide bonds. The number of thiazole rings is 1. The van der Waals surface area contributed by atoms with Gasteiger partial charge in [-0.15, -0.1) is 0 Å². The van der Waals surface area contributed by atoms with Crippen molar-refractivity contribution in [3.05, 3.63) is 116 Å². The number of rotatable bonds is 6. The number of nitrogens with zero attached hydrogens (tertiary/aromatic N) is 2. The van der Waals surface area contributed by atoms with Gasteiger partial charge in [-0.1, -0.05) is 41.7 Å². The fraction of sp³-hybridized carbons (Fsp3) is 0.138. The molecule has 0 fully saturated rings. The van der Waals surface area contributed by atoms with Gasteiger partial charge < -0.3 is 14.8 Å². The molecule has 0 spiro atoms. The van der Waals surface area contributed by atoms with E-state index in [1.165, 1.54) is 11.3 Å². The third kappa shape index (κ3) is 5.54. The molecule has 0 unspecified atom stereocenters. The summed E-state index contributed by atoms with van der Waals surface area (Å²) in [7, 11) is 3.23. The number of allylic oxidation sites excluding steroid dienone is 1. The van der Waals surface area contributed by atoms with Crippen LogP contribution in [0.1, 0.15) is 24.1 Å². The Kier molecular flexibility index (Phi) is 8.24. The van der Waals surface area contributed by atoms with Crippen LogP contribution in [-0.2, 0) is 4.79 Å². The van der Waals surface area contributed by atoms with Gasteiger partial charge in [-0.25, -0.2) is 4.99 Å². The van der Waals surface area contributed by atoms with Crippen LogP contribution < -0.4 is 29.7 Å². The van der Waals surface area contributed by atoms with Gasteiger partial charge in [0.25, 0.3) is 11.5 Å². The number of halogens is 2. The van der Waals surface area contributed by atoms with Crippen molar-refractivity contribution >= 4 is 74.2 Å². The molecule has 5 rings (SSSR count). The van der Waals surface area contributed by atoms with Crippen molar-refractivity contribution < 1.29 is 14.3 Å². The number of methoxy groups -OCH3 is 2. The van der Waals surface area contributed by atoms with Gasteiger partial charge in [-0.05, 0) is 106 Å². The molecule has 3 aromatic carbocycles. The molecule has 0 saturated carbocycles. The summed E-state index contributed by atoms with van der Waals surface area (Å²) >= 11 is 5.76. The maximum Gasteiger partial charge on any atom is 0.271 e. The summed E-state index contributed by atoms with van der Waals surface area (Å²) in [6, 6.07) is 19.9. The first-order chi connectivity index (χ1) is 18.8. The van der Waals surface area contributed by atoms with Crippen LogP contribution in [0.5, 0.6) is 11.5 Å². The number of amides is 1. The molecule has 1 aliphatic rings. The third-order valence-corrected chi connectivity index (χ3v) is 8.82. The first-order valence-corrected chi connectivity index (χ1v) is 14.8. The van der Waals surface area contributed by atoms with Gasteiger partial charge in [0, 0.05) is 5.69 Å². The van der Waals surface area contributed by atoms with Crippen LogP contribution in [-0.4, -0.2) is 24.7 Å². The molecule has 39 heavy (non-hydrogen) atoms. The Hall–Kier alpha value is -2.97. The standard InChI is InChI=1S/C29H23I2N3O4S/c1-16-24(27(35)33-19-9-5-4-6-10-19)25(18-8-7-11-20(15-18)37-2)34-28(36)23(39-29(34)32-16)14-17-12-21(30)26(38-3)22(31)13-17/h4-15,25H,1-3H3,(H,33,35)/b23-14-/t25-/m1/s1. The monoisotopic (exact) mass is 763 g/mol. The topological polar surface area (TPSA) is 81.9 Å². The van der Waals surface area contributed by atoms with Gasteiger partial charge in [-0.3, -0.25) is 14.2 Å². The summed E-state index contributed by atoms with van der Waals surface area (Å²) in [5.74, 6) is 1.12. The van der Waals surface area contributed by atoms with E-state index in [1.54, 1.807) is 25.7 Å². The second-order valence-electron chi connectivity index (χ2n) is 8.70. The minimum atomic E-state index is -0.682. The molecule has 4 aromatic rings. The number of benzene rings is 3. The number of carbonyl (C=O) groups is 1. The highest BCUT2D eigenvalue weighted by atomic mass is 127. The first-order valence-electron chi connectivity index (χ1n) is 11.9. The number of carbonyl (C=O) groups excluding carboxylic acids is 1. The molecular weight excluding hydrogens is 740 g/mol. The Morgan fingerprint density at radius 2 is 1.74 bits per heavy atom. The van der Waals surface area contributed by atoms with Crippen LogP contribution in [0, 0.1) is 7.14 Å². The lowest BCUT2D eigenvalue weighted by Gasteiger charge is -2.25. The molecule has 198 valence electrons. The molecule has 0 radical (unpaired) electrons. The van der Waals surface area contributed by atoms with E-state index in [0.29, 0.717) is 32.0 Å². The molecule has 1 aromatic heterocycles. The van der Waals surface area contributed by atoms with Crippen molar-refractivity contribution in [2.24, 2.45) is 4.99 Å². The zero-order valence-corrected chi connectivity index (χ0v) is 26.3. The number of fused-ring (bicyclic) bond motifs is 1. The van der Waals surface area contributed by atoms with Gasteiger partial charge in [-0.2, -0.15) is 0 Å². The maximum atomic E-state index is 14.0. The smallest absolute Gasteiger partial charge is 0.271 e. The number of para-hydroxylation sites is 1. The molecule has 0 saturated heterocycles. The Balaban J connectivity index is 1.69. The van der Waals surface area contributed by atoms with E-state index < -0.39 is 6.04 Å². The molecule has 0 bridgehead atoms. The van der Waals surface area contributed by atoms with Gasteiger partial charge >= 0.3 is 0 Å². The van der Waals surface area contributed by atoms with Gasteiger partial charge in [0.2, 0.25) is 0 Å². The number of hydrogen-bond acceptors (Lipinski definition) is 6. The molecule has 1 N–H and O–H groups in total. The minimum absolute atomic E-state index is 0.218. The summed E-state index contributed by atoms with van der Waals surface area (Å²) in [5.41, 5.74) is 3.03. The van der Waals surface area contributed by atoms with Gasteiger partial charge in [0.15, 0.2) is 4.80 Å². The Morgan fingerprint density at radius 1 is 1.03 bits per heavy atom. The lowest BCUT2D eigenvalue weighted by Crippen LogP contribution is -2.40. The van der Waals surface area contributed by atoms with Gasteiger partial charge in [0.05, 0.1) is 43.2 Å². The van der Waals surface area contributed by atoms with E-state index in [4.69, 9.17) is 14.5 Å². The second kappa shape index (κ2) is 11.6. The Bertz CT molecular complexity index is 1770. The fourth-order valence-corrected chi connectivity index (χ4v) is 7.77. The lowest BCUT2D eigenvalue weighted by molar-refractivity contribution is -0.113. The van der Waals surface area contributed by atoms with Crippen LogP contribution in [0.4, 0.5) is 5.69 Å². The van der Waals surface area contributed by atoms with E-state index in [-0.39, 0.29) is 11.5 Å². The Labute approximate surface area is 256 Å². The van der Waals surface area contributed by atoms with E-state index in [9.17, 15) is 9.59 Å². The second-order valence-corrected chi connectivity index (χ2v) is 12.0. The summed E-state index contributed by atoms with van der Waals surface area (Å²) in [5, 5.41) is 2.97.